The molecule has 0 aliphatic heterocycles. The molecule has 2 aromatic heterocycles. The number of aromatic nitrogens is 2. The van der Waals surface area contributed by atoms with Gasteiger partial charge in [-0.3, -0.25) is 0 Å². The van der Waals surface area contributed by atoms with Gasteiger partial charge in [-0.25, -0.2) is 0 Å². The summed E-state index contributed by atoms with van der Waals surface area (Å²) in [6.45, 7) is 0. The van der Waals surface area contributed by atoms with Crippen LogP contribution < -0.4 is 20.7 Å². The molecule has 0 saturated heterocycles. The van der Waals surface area contributed by atoms with Crippen molar-refractivity contribution in [1.29, 1.82) is 0 Å². The zero-order valence-electron chi connectivity index (χ0n) is 35.4. The molecule has 0 N–H and O–H groups in total. The molecule has 0 unspecified atom stereocenters. The third-order valence-corrected chi connectivity index (χ3v) is 18.8. The van der Waals surface area contributed by atoms with Gasteiger partial charge in [0.05, 0.1) is 22.1 Å². The molecule has 1 aliphatic rings. The Labute approximate surface area is 370 Å². The molecule has 0 radical (unpaired) electrons. The molecule has 2 heterocycles. The van der Waals surface area contributed by atoms with Crippen LogP contribution in [0.2, 0.25) is 0 Å². The fraction of sp³-hybridized carbons (Fsp3) is 0.100. The van der Waals surface area contributed by atoms with Gasteiger partial charge < -0.3 is 9.13 Å². The lowest BCUT2D eigenvalue weighted by atomic mass is 9.84. The van der Waals surface area contributed by atoms with Crippen LogP contribution in [0.15, 0.2) is 224 Å². The molecule has 9 aromatic carbocycles. The van der Waals surface area contributed by atoms with Crippen LogP contribution in [0.1, 0.15) is 43.6 Å². The van der Waals surface area contributed by atoms with Crippen molar-refractivity contribution in [2.75, 3.05) is 0 Å². The van der Waals surface area contributed by atoms with Crippen molar-refractivity contribution < 1.29 is 0 Å². The van der Waals surface area contributed by atoms with E-state index in [0.29, 0.717) is 5.92 Å². The predicted octanol–water partition coefficient (Wildman–Crippen LogP) is 13.0. The zero-order valence-corrected chi connectivity index (χ0v) is 36.4. The maximum Gasteiger partial charge on any atom is 0.179 e. The van der Waals surface area contributed by atoms with E-state index in [1.807, 2.05) is 0 Å². The van der Waals surface area contributed by atoms with E-state index < -0.39 is 8.07 Å². The lowest BCUT2D eigenvalue weighted by Gasteiger charge is -2.34. The predicted molar refractivity (Wildman–Crippen MR) is 270 cm³/mol. The van der Waals surface area contributed by atoms with Gasteiger partial charge in [-0.05, 0) is 105 Å². The number of nitrogens with zero attached hydrogens (tertiary/aromatic N) is 2. The van der Waals surface area contributed by atoms with E-state index >= 15 is 0 Å². The molecule has 0 amide bonds. The van der Waals surface area contributed by atoms with E-state index in [-0.39, 0.29) is 0 Å². The van der Waals surface area contributed by atoms with Gasteiger partial charge in [0.1, 0.15) is 0 Å². The Morgan fingerprint density at radius 3 is 1.46 bits per heavy atom. The van der Waals surface area contributed by atoms with Crippen LogP contribution in [0.4, 0.5) is 0 Å². The lowest BCUT2D eigenvalue weighted by molar-refractivity contribution is 0.444. The second-order valence-electron chi connectivity index (χ2n) is 17.5. The minimum atomic E-state index is -2.65. The van der Waals surface area contributed by atoms with Crippen molar-refractivity contribution in [2.45, 2.75) is 38.0 Å². The molecule has 0 spiro atoms. The smallest absolute Gasteiger partial charge is 0.179 e. The van der Waals surface area contributed by atoms with Gasteiger partial charge in [-0.2, -0.15) is 0 Å². The molecule has 1 saturated carbocycles. The Balaban J connectivity index is 0.967. The topological polar surface area (TPSA) is 9.86 Å². The van der Waals surface area contributed by atoms with Crippen molar-refractivity contribution in [3.8, 4) is 22.5 Å². The van der Waals surface area contributed by atoms with Gasteiger partial charge in [0.2, 0.25) is 0 Å². The maximum absolute atomic E-state index is 2.65. The number of hydrogen-bond acceptors (Lipinski definition) is 0. The molecule has 0 atom stereocenters. The van der Waals surface area contributed by atoms with E-state index in [1.165, 1.54) is 119 Å². The Kier molecular flexibility index (Phi) is 9.30. The average molecular weight is 825 g/mol. The first-order valence-corrected chi connectivity index (χ1v) is 24.7. The van der Waals surface area contributed by atoms with Crippen LogP contribution >= 0.6 is 0 Å². The van der Waals surface area contributed by atoms with Crippen molar-refractivity contribution >= 4 is 72.4 Å². The van der Waals surface area contributed by atoms with Gasteiger partial charge in [-0.1, -0.05) is 195 Å². The number of para-hydroxylation sites is 2. The number of fused-ring (bicyclic) bond motifs is 6. The third-order valence-electron chi connectivity index (χ3n) is 14.1. The Hall–Kier alpha value is -7.20. The molecule has 11 aromatic rings. The van der Waals surface area contributed by atoms with Crippen LogP contribution in [0.25, 0.3) is 66.1 Å². The Morgan fingerprint density at radius 2 is 0.825 bits per heavy atom. The van der Waals surface area contributed by atoms with Gasteiger partial charge in [-0.15, -0.1) is 0 Å². The number of rotatable bonds is 8. The molecule has 3 heteroatoms. The van der Waals surface area contributed by atoms with Crippen LogP contribution in [0.3, 0.4) is 0 Å². The van der Waals surface area contributed by atoms with Crippen LogP contribution in [-0.4, -0.2) is 17.2 Å². The highest BCUT2D eigenvalue weighted by Crippen LogP contribution is 2.40. The highest BCUT2D eigenvalue weighted by atomic mass is 28.3. The second-order valence-corrected chi connectivity index (χ2v) is 21.3. The average Bonchev–Trinajstić information content (AvgIpc) is 3.88. The highest BCUT2D eigenvalue weighted by molar-refractivity contribution is 7.19. The van der Waals surface area contributed by atoms with Gasteiger partial charge in [0, 0.05) is 32.9 Å². The van der Waals surface area contributed by atoms with Crippen molar-refractivity contribution in [3.63, 3.8) is 0 Å². The highest BCUT2D eigenvalue weighted by Gasteiger charge is 2.41. The SMILES string of the molecule is c1ccc([Si](c2ccccc2)(c2ccccc2)c2cccc(-c3ccc(-n4c5ccccc5c5cc(-n6c7ccccc7c7ccc(C8CCCCC8)cc76)ccc54)cc3)c2)cc1. The van der Waals surface area contributed by atoms with Crippen molar-refractivity contribution in [3.05, 3.63) is 230 Å². The standard InChI is InChI=1S/C60H48N2Si/c1-5-18-43(19-6-1)46-34-38-55-53-28-13-15-30-57(53)62(60(55)41-46)48-37-39-59-56(42-48)54-29-14-16-31-58(54)61(59)47-35-32-44(33-36-47)45-20-17-27-52(40-45)63(49-21-7-2-8-22-49,50-23-9-3-10-24-50)51-25-11-4-12-26-51/h2-4,7-17,20-43H,1,5-6,18-19H2. The van der Waals surface area contributed by atoms with E-state index in [2.05, 4.69) is 234 Å². The summed E-state index contributed by atoms with van der Waals surface area (Å²) >= 11 is 0. The minimum absolute atomic E-state index is 0.652. The summed E-state index contributed by atoms with van der Waals surface area (Å²) < 4.78 is 4.95. The molecule has 0 bridgehead atoms. The summed E-state index contributed by atoms with van der Waals surface area (Å²) in [6.07, 6.45) is 6.63. The first-order chi connectivity index (χ1) is 31.3. The van der Waals surface area contributed by atoms with E-state index in [4.69, 9.17) is 0 Å². The minimum Gasteiger partial charge on any atom is -0.309 e. The Morgan fingerprint density at radius 1 is 0.317 bits per heavy atom. The van der Waals surface area contributed by atoms with Crippen LogP contribution in [0, 0.1) is 0 Å². The summed E-state index contributed by atoms with van der Waals surface area (Å²) in [5.41, 5.74) is 11.3. The van der Waals surface area contributed by atoms with Crippen LogP contribution in [-0.2, 0) is 0 Å². The normalized spacial score (nSPS) is 13.7. The van der Waals surface area contributed by atoms with E-state index in [9.17, 15) is 0 Å². The summed E-state index contributed by atoms with van der Waals surface area (Å²) in [5, 5.41) is 10.7. The molecule has 1 aliphatic carbocycles. The molecule has 63 heavy (non-hydrogen) atoms. The fourth-order valence-electron chi connectivity index (χ4n) is 11.1. The third kappa shape index (κ3) is 6.21. The lowest BCUT2D eigenvalue weighted by Crippen LogP contribution is -2.74. The van der Waals surface area contributed by atoms with Gasteiger partial charge >= 0.3 is 0 Å². The van der Waals surface area contributed by atoms with Crippen LogP contribution in [0.5, 0.6) is 0 Å². The van der Waals surface area contributed by atoms with Crippen molar-refractivity contribution in [1.82, 2.24) is 9.13 Å². The monoisotopic (exact) mass is 824 g/mol. The van der Waals surface area contributed by atoms with E-state index in [1.54, 1.807) is 0 Å². The molecule has 12 rings (SSSR count). The number of benzene rings is 9. The van der Waals surface area contributed by atoms with Gasteiger partial charge in [0.25, 0.3) is 0 Å². The summed E-state index contributed by atoms with van der Waals surface area (Å²) in [5.74, 6) is 0.652. The maximum atomic E-state index is 2.51. The molecule has 1 fully saturated rings. The first kappa shape index (κ1) is 37.5. The second kappa shape index (κ2) is 15.6. The van der Waals surface area contributed by atoms with Crippen molar-refractivity contribution in [2.24, 2.45) is 0 Å². The number of hydrogen-bond donors (Lipinski definition) is 0. The zero-order chi connectivity index (χ0) is 41.7. The molecular formula is C60H48N2Si. The molecule has 302 valence electrons. The first-order valence-electron chi connectivity index (χ1n) is 22.7. The quantitative estimate of drug-likeness (QED) is 0.107. The molecular weight excluding hydrogens is 777 g/mol. The fourth-order valence-corrected chi connectivity index (χ4v) is 15.9. The van der Waals surface area contributed by atoms with Gasteiger partial charge in [0.15, 0.2) is 8.07 Å². The molecule has 2 nitrogen and oxygen atoms in total. The van der Waals surface area contributed by atoms with E-state index in [0.717, 1.165) is 5.69 Å². The summed E-state index contributed by atoms with van der Waals surface area (Å²) in [7, 11) is -2.65. The summed E-state index contributed by atoms with van der Waals surface area (Å²) in [4.78, 5) is 0. The summed E-state index contributed by atoms with van der Waals surface area (Å²) in [6, 6.07) is 84.3. The Bertz CT molecular complexity index is 3320. The largest absolute Gasteiger partial charge is 0.309 e.